The van der Waals surface area contributed by atoms with Gasteiger partial charge in [0.1, 0.15) is 11.1 Å². The van der Waals surface area contributed by atoms with Gasteiger partial charge in [0, 0.05) is 21.5 Å². The summed E-state index contributed by atoms with van der Waals surface area (Å²) in [4.78, 5) is 30.9. The van der Waals surface area contributed by atoms with Gasteiger partial charge in [0.2, 0.25) is 5.91 Å². The predicted octanol–water partition coefficient (Wildman–Crippen LogP) is 6.22. The van der Waals surface area contributed by atoms with Crippen molar-refractivity contribution in [3.05, 3.63) is 63.5 Å². The minimum absolute atomic E-state index is 0.139. The molecule has 2 heterocycles. The van der Waals surface area contributed by atoms with E-state index in [4.69, 9.17) is 16.6 Å². The van der Waals surface area contributed by atoms with Crippen molar-refractivity contribution in [2.45, 2.75) is 43.7 Å². The first-order chi connectivity index (χ1) is 15.7. The van der Waals surface area contributed by atoms with Gasteiger partial charge in [0.05, 0.1) is 17.4 Å². The number of carbonyl (C=O) groups is 2. The Kier molecular flexibility index (Phi) is 6.70. The van der Waals surface area contributed by atoms with Crippen molar-refractivity contribution in [1.29, 1.82) is 0 Å². The molecule has 2 aromatic carbocycles. The van der Waals surface area contributed by atoms with E-state index in [2.05, 4.69) is 0 Å². The van der Waals surface area contributed by atoms with Crippen LogP contribution < -0.4 is 4.90 Å². The Labute approximate surface area is 205 Å². The van der Waals surface area contributed by atoms with E-state index in [1.165, 1.54) is 23.1 Å². The number of phenolic OH excluding ortho intramolecular Hbond substituents is 1. The second kappa shape index (κ2) is 9.37. The van der Waals surface area contributed by atoms with Crippen molar-refractivity contribution in [3.63, 3.8) is 0 Å². The number of thioether (sulfide) groups is 1. The summed E-state index contributed by atoms with van der Waals surface area (Å²) in [7, 11) is 0. The number of amides is 1. The summed E-state index contributed by atoms with van der Waals surface area (Å²) in [6.07, 6.45) is -0.270. The summed E-state index contributed by atoms with van der Waals surface area (Å²) in [5.74, 6) is -0.927. The smallest absolute Gasteiger partial charge is 0.305 e. The maximum absolute atomic E-state index is 13.3. The highest BCUT2D eigenvalue weighted by Crippen LogP contribution is 2.49. The maximum Gasteiger partial charge on any atom is 0.305 e. The molecule has 2 unspecified atom stereocenters. The quantitative estimate of drug-likeness (QED) is 0.415. The largest absolute Gasteiger partial charge is 0.508 e. The molecule has 3 aromatic rings. The number of aromatic hydroxyl groups is 1. The topological polar surface area (TPSA) is 90.7 Å². The van der Waals surface area contributed by atoms with E-state index in [0.717, 1.165) is 22.3 Å². The first-order valence-corrected chi connectivity index (χ1v) is 12.6. The molecule has 1 fully saturated rings. The summed E-state index contributed by atoms with van der Waals surface area (Å²) < 4.78 is 0. The lowest BCUT2D eigenvalue weighted by atomic mass is 9.95. The zero-order valence-electron chi connectivity index (χ0n) is 18.3. The van der Waals surface area contributed by atoms with Gasteiger partial charge in [-0.05, 0) is 42.2 Å². The third-order valence-corrected chi connectivity index (χ3v) is 8.15. The number of rotatable bonds is 6. The van der Waals surface area contributed by atoms with Crippen LogP contribution in [0, 0.1) is 6.92 Å². The zero-order chi connectivity index (χ0) is 23.9. The van der Waals surface area contributed by atoms with Crippen LogP contribution in [0.1, 0.15) is 48.3 Å². The van der Waals surface area contributed by atoms with Crippen LogP contribution in [-0.4, -0.2) is 32.3 Å². The van der Waals surface area contributed by atoms with Crippen LogP contribution in [0.5, 0.6) is 5.75 Å². The SMILES string of the molecule is Cc1cc(O)c(C(C)C)cc1-c1csc(N2C(=O)C(CC(=O)O)SC2c2ccccc2Cl)n1. The number of aryl methyl sites for hydroxylation is 1. The molecule has 1 saturated heterocycles. The number of thiazole rings is 1. The lowest BCUT2D eigenvalue weighted by Gasteiger charge is -2.22. The number of hydrogen-bond acceptors (Lipinski definition) is 6. The van der Waals surface area contributed by atoms with Crippen LogP contribution in [0.2, 0.25) is 5.02 Å². The number of anilines is 1. The van der Waals surface area contributed by atoms with Crippen LogP contribution in [0.3, 0.4) is 0 Å². The number of carboxylic acid groups (broad SMARTS) is 1. The standard InChI is InChI=1S/C24H23ClN2O4S2/c1-12(2)15-9-16(13(3)8-19(15)28)18-11-32-24(26-18)27-22(31)20(10-21(29)30)33-23(27)14-6-4-5-7-17(14)25/h4-9,11-12,20,23,28H,10H2,1-3H3,(H,29,30). The van der Waals surface area contributed by atoms with E-state index >= 15 is 0 Å². The van der Waals surface area contributed by atoms with Crippen molar-refractivity contribution >= 4 is 51.7 Å². The fraction of sp³-hybridized carbons (Fsp3) is 0.292. The minimum atomic E-state index is -1.03. The molecule has 0 saturated carbocycles. The van der Waals surface area contributed by atoms with Crippen molar-refractivity contribution in [1.82, 2.24) is 4.98 Å². The summed E-state index contributed by atoms with van der Waals surface area (Å²) in [5, 5.41) is 21.3. The third-order valence-electron chi connectivity index (χ3n) is 5.54. The second-order valence-corrected chi connectivity index (χ2v) is 10.7. The monoisotopic (exact) mass is 502 g/mol. The Bertz CT molecular complexity index is 1230. The zero-order valence-corrected chi connectivity index (χ0v) is 20.7. The van der Waals surface area contributed by atoms with E-state index in [1.54, 1.807) is 17.0 Å². The maximum atomic E-state index is 13.3. The number of halogens is 1. The van der Waals surface area contributed by atoms with Crippen LogP contribution >= 0.6 is 34.7 Å². The molecule has 1 amide bonds. The third kappa shape index (κ3) is 4.60. The lowest BCUT2D eigenvalue weighted by molar-refractivity contribution is -0.138. The number of benzene rings is 2. The molecule has 0 spiro atoms. The molecular weight excluding hydrogens is 480 g/mol. The highest BCUT2D eigenvalue weighted by atomic mass is 35.5. The molecule has 1 aromatic heterocycles. The molecule has 4 rings (SSSR count). The van der Waals surface area contributed by atoms with Gasteiger partial charge in [-0.15, -0.1) is 23.1 Å². The van der Waals surface area contributed by atoms with E-state index in [1.807, 2.05) is 50.4 Å². The van der Waals surface area contributed by atoms with E-state index in [-0.39, 0.29) is 24.0 Å². The van der Waals surface area contributed by atoms with Gasteiger partial charge < -0.3 is 10.2 Å². The van der Waals surface area contributed by atoms with Gasteiger partial charge in [0.15, 0.2) is 5.13 Å². The lowest BCUT2D eigenvalue weighted by Crippen LogP contribution is -2.31. The fourth-order valence-corrected chi connectivity index (χ4v) is 6.55. The van der Waals surface area contributed by atoms with Gasteiger partial charge in [-0.1, -0.05) is 43.6 Å². The van der Waals surface area contributed by atoms with Gasteiger partial charge in [0.25, 0.3) is 0 Å². The van der Waals surface area contributed by atoms with Gasteiger partial charge in [-0.2, -0.15) is 0 Å². The molecule has 2 N–H and O–H groups in total. The van der Waals surface area contributed by atoms with Crippen LogP contribution in [0.15, 0.2) is 41.8 Å². The number of aliphatic carboxylic acids is 1. The molecule has 1 aliphatic heterocycles. The van der Waals surface area contributed by atoms with Crippen molar-refractivity contribution in [2.75, 3.05) is 4.90 Å². The van der Waals surface area contributed by atoms with E-state index in [9.17, 15) is 19.8 Å². The molecular formula is C24H23ClN2O4S2. The summed E-state index contributed by atoms with van der Waals surface area (Å²) in [5.41, 5.74) is 4.03. The Morgan fingerprint density at radius 2 is 2.00 bits per heavy atom. The number of aromatic nitrogens is 1. The average molecular weight is 503 g/mol. The molecule has 33 heavy (non-hydrogen) atoms. The van der Waals surface area contributed by atoms with Gasteiger partial charge in [-0.25, -0.2) is 4.98 Å². The highest BCUT2D eigenvalue weighted by molar-refractivity contribution is 8.01. The molecule has 0 bridgehead atoms. The molecule has 0 radical (unpaired) electrons. The van der Waals surface area contributed by atoms with E-state index < -0.39 is 16.6 Å². The molecule has 172 valence electrons. The van der Waals surface area contributed by atoms with Crippen molar-refractivity contribution in [2.24, 2.45) is 0 Å². The number of hydrogen-bond donors (Lipinski definition) is 2. The molecule has 9 heteroatoms. The fourth-order valence-electron chi connectivity index (χ4n) is 3.87. The van der Waals surface area contributed by atoms with Crippen LogP contribution in [-0.2, 0) is 9.59 Å². The van der Waals surface area contributed by atoms with Gasteiger partial charge in [-0.3, -0.25) is 14.5 Å². The summed E-state index contributed by atoms with van der Waals surface area (Å²) >= 11 is 9.04. The van der Waals surface area contributed by atoms with Crippen molar-refractivity contribution in [3.8, 4) is 17.0 Å². The molecule has 6 nitrogen and oxygen atoms in total. The van der Waals surface area contributed by atoms with Crippen LogP contribution in [0.4, 0.5) is 5.13 Å². The van der Waals surface area contributed by atoms with Crippen molar-refractivity contribution < 1.29 is 19.8 Å². The molecule has 0 aliphatic carbocycles. The Morgan fingerprint density at radius 1 is 1.27 bits per heavy atom. The second-order valence-electron chi connectivity index (χ2n) is 8.20. The number of phenols is 1. The molecule has 2 atom stereocenters. The highest BCUT2D eigenvalue weighted by Gasteiger charge is 2.44. The normalized spacial score (nSPS) is 18.3. The number of nitrogens with zero attached hydrogens (tertiary/aromatic N) is 2. The predicted molar refractivity (Wildman–Crippen MR) is 133 cm³/mol. The first-order valence-electron chi connectivity index (χ1n) is 10.4. The summed E-state index contributed by atoms with van der Waals surface area (Å²) in [6.45, 7) is 5.93. The van der Waals surface area contributed by atoms with Crippen LogP contribution in [0.25, 0.3) is 11.3 Å². The minimum Gasteiger partial charge on any atom is -0.508 e. The summed E-state index contributed by atoms with van der Waals surface area (Å²) in [6, 6.07) is 10.9. The Morgan fingerprint density at radius 3 is 2.67 bits per heavy atom. The first kappa shape index (κ1) is 23.6. The number of carboxylic acids is 1. The van der Waals surface area contributed by atoms with Gasteiger partial charge >= 0.3 is 5.97 Å². The Hall–Kier alpha value is -2.55. The molecule has 1 aliphatic rings. The Balaban J connectivity index is 1.76. The average Bonchev–Trinajstić information content (AvgIpc) is 3.33. The van der Waals surface area contributed by atoms with E-state index in [0.29, 0.717) is 15.8 Å². The number of carbonyl (C=O) groups excluding carboxylic acids is 1.